The minimum atomic E-state index is -0.859. The normalized spacial score (nSPS) is 26.5. The molecule has 0 aromatic heterocycles. The largest absolute Gasteiger partial charge is 0.481 e. The highest BCUT2D eigenvalue weighted by molar-refractivity contribution is 8.00. The molecule has 3 atom stereocenters. The highest BCUT2D eigenvalue weighted by Gasteiger charge is 2.33. The van der Waals surface area contributed by atoms with Gasteiger partial charge in [-0.1, -0.05) is 6.92 Å². The lowest BCUT2D eigenvalue weighted by atomic mass is 9.90. The molecule has 0 aliphatic carbocycles. The number of rotatable bonds is 2. The Labute approximate surface area is 144 Å². The second-order valence-electron chi connectivity index (χ2n) is 6.55. The van der Waals surface area contributed by atoms with Crippen molar-refractivity contribution in [2.75, 3.05) is 18.4 Å². The molecule has 0 bridgehead atoms. The van der Waals surface area contributed by atoms with Crippen LogP contribution in [0.1, 0.15) is 30.6 Å². The van der Waals surface area contributed by atoms with Gasteiger partial charge in [0.05, 0.1) is 16.9 Å². The standard InChI is InChI=1S/C17H20N2O4S/c1-9-5-12(17(22)23)8-19(7-9)16(21)11-3-4-14-13(6-11)18-15(20)10(2)24-14/h3-4,6,9-10,12H,5,7-8H2,1-2H3,(H,18,20)(H,22,23). The molecule has 128 valence electrons. The third-order valence-corrected chi connectivity index (χ3v) is 5.63. The van der Waals surface area contributed by atoms with Gasteiger partial charge in [0.2, 0.25) is 5.91 Å². The lowest BCUT2D eigenvalue weighted by molar-refractivity contribution is -0.143. The van der Waals surface area contributed by atoms with Gasteiger partial charge in [-0.25, -0.2) is 0 Å². The van der Waals surface area contributed by atoms with E-state index in [0.29, 0.717) is 24.2 Å². The maximum atomic E-state index is 12.8. The van der Waals surface area contributed by atoms with Crippen LogP contribution in [0.5, 0.6) is 0 Å². The van der Waals surface area contributed by atoms with Gasteiger partial charge in [-0.2, -0.15) is 0 Å². The molecular weight excluding hydrogens is 328 g/mol. The van der Waals surface area contributed by atoms with E-state index >= 15 is 0 Å². The van der Waals surface area contributed by atoms with Crippen molar-refractivity contribution < 1.29 is 19.5 Å². The van der Waals surface area contributed by atoms with E-state index in [1.54, 1.807) is 17.0 Å². The zero-order chi connectivity index (χ0) is 17.4. The number of carbonyl (C=O) groups is 3. The quantitative estimate of drug-likeness (QED) is 0.856. The predicted octanol–water partition coefficient (Wildman–Crippen LogP) is 2.30. The van der Waals surface area contributed by atoms with E-state index in [1.165, 1.54) is 11.8 Å². The van der Waals surface area contributed by atoms with Crippen LogP contribution in [0.3, 0.4) is 0 Å². The molecule has 2 heterocycles. The van der Waals surface area contributed by atoms with Crippen LogP contribution in [0.2, 0.25) is 0 Å². The fourth-order valence-electron chi connectivity index (χ4n) is 3.22. The molecule has 1 fully saturated rings. The van der Waals surface area contributed by atoms with Crippen molar-refractivity contribution in [1.82, 2.24) is 4.90 Å². The molecule has 3 rings (SSSR count). The van der Waals surface area contributed by atoms with Crippen LogP contribution in [0.4, 0.5) is 5.69 Å². The highest BCUT2D eigenvalue weighted by Crippen LogP contribution is 2.36. The van der Waals surface area contributed by atoms with Crippen LogP contribution in [-0.2, 0) is 9.59 Å². The summed E-state index contributed by atoms with van der Waals surface area (Å²) < 4.78 is 0. The highest BCUT2D eigenvalue weighted by atomic mass is 32.2. The molecule has 1 saturated heterocycles. The summed E-state index contributed by atoms with van der Waals surface area (Å²) in [5.74, 6) is -1.49. The first kappa shape index (κ1) is 16.8. The Morgan fingerprint density at radius 2 is 2.04 bits per heavy atom. The summed E-state index contributed by atoms with van der Waals surface area (Å²) in [5.41, 5.74) is 1.12. The van der Waals surface area contributed by atoms with E-state index in [9.17, 15) is 19.5 Å². The molecule has 2 aliphatic rings. The van der Waals surface area contributed by atoms with Crippen LogP contribution < -0.4 is 5.32 Å². The van der Waals surface area contributed by atoms with E-state index in [4.69, 9.17) is 0 Å². The topological polar surface area (TPSA) is 86.7 Å². The number of carbonyl (C=O) groups excluding carboxylic acids is 2. The summed E-state index contributed by atoms with van der Waals surface area (Å²) in [6, 6.07) is 5.27. The second-order valence-corrected chi connectivity index (χ2v) is 7.93. The lowest BCUT2D eigenvalue weighted by Gasteiger charge is -2.35. The molecule has 0 saturated carbocycles. The zero-order valence-electron chi connectivity index (χ0n) is 13.6. The third kappa shape index (κ3) is 3.26. The first-order chi connectivity index (χ1) is 11.3. The molecule has 6 nitrogen and oxygen atoms in total. The number of nitrogens with one attached hydrogen (secondary N) is 1. The maximum Gasteiger partial charge on any atom is 0.308 e. The Bertz CT molecular complexity index is 706. The van der Waals surface area contributed by atoms with Crippen molar-refractivity contribution in [1.29, 1.82) is 0 Å². The van der Waals surface area contributed by atoms with Gasteiger partial charge in [0.15, 0.2) is 0 Å². The summed E-state index contributed by atoms with van der Waals surface area (Å²) in [6.45, 7) is 4.58. The van der Waals surface area contributed by atoms with E-state index < -0.39 is 11.9 Å². The van der Waals surface area contributed by atoms with Gasteiger partial charge in [0.1, 0.15) is 0 Å². The lowest BCUT2D eigenvalue weighted by Crippen LogP contribution is -2.45. The van der Waals surface area contributed by atoms with Crippen molar-refractivity contribution in [3.63, 3.8) is 0 Å². The molecular formula is C17H20N2O4S. The average Bonchev–Trinajstić information content (AvgIpc) is 2.54. The van der Waals surface area contributed by atoms with Gasteiger partial charge in [0, 0.05) is 23.5 Å². The molecule has 3 unspecified atom stereocenters. The van der Waals surface area contributed by atoms with Crippen LogP contribution in [-0.4, -0.2) is 46.1 Å². The smallest absolute Gasteiger partial charge is 0.308 e. The number of likely N-dealkylation sites (tertiary alicyclic amines) is 1. The Morgan fingerprint density at radius 3 is 2.75 bits per heavy atom. The molecule has 2 amide bonds. The third-order valence-electron chi connectivity index (χ3n) is 4.45. The zero-order valence-corrected chi connectivity index (χ0v) is 14.4. The Hall–Kier alpha value is -2.02. The number of carboxylic acids is 1. The predicted molar refractivity (Wildman–Crippen MR) is 91.2 cm³/mol. The molecule has 24 heavy (non-hydrogen) atoms. The van der Waals surface area contributed by atoms with Crippen molar-refractivity contribution in [2.45, 2.75) is 30.4 Å². The number of hydrogen-bond donors (Lipinski definition) is 2. The van der Waals surface area contributed by atoms with Gasteiger partial charge in [-0.05, 0) is 37.5 Å². The Balaban J connectivity index is 1.81. The number of anilines is 1. The van der Waals surface area contributed by atoms with E-state index in [-0.39, 0.29) is 29.5 Å². The number of amides is 2. The van der Waals surface area contributed by atoms with Crippen LogP contribution in [0, 0.1) is 11.8 Å². The number of piperidine rings is 1. The fourth-order valence-corrected chi connectivity index (χ4v) is 4.15. The summed E-state index contributed by atoms with van der Waals surface area (Å²) >= 11 is 1.47. The number of benzene rings is 1. The van der Waals surface area contributed by atoms with Gasteiger partial charge < -0.3 is 15.3 Å². The summed E-state index contributed by atoms with van der Waals surface area (Å²) in [7, 11) is 0. The number of nitrogens with zero attached hydrogens (tertiary/aromatic N) is 1. The minimum absolute atomic E-state index is 0.0744. The molecule has 2 aliphatic heterocycles. The number of fused-ring (bicyclic) bond motifs is 1. The molecule has 1 aromatic rings. The van der Waals surface area contributed by atoms with E-state index in [2.05, 4.69) is 5.32 Å². The van der Waals surface area contributed by atoms with E-state index in [0.717, 1.165) is 4.90 Å². The second kappa shape index (κ2) is 6.47. The molecule has 1 aromatic carbocycles. The van der Waals surface area contributed by atoms with Gasteiger partial charge in [0.25, 0.3) is 5.91 Å². The molecule has 7 heteroatoms. The van der Waals surface area contributed by atoms with Crippen molar-refractivity contribution >= 4 is 35.2 Å². The monoisotopic (exact) mass is 348 g/mol. The fraction of sp³-hybridized carbons (Fsp3) is 0.471. The van der Waals surface area contributed by atoms with Crippen LogP contribution in [0.15, 0.2) is 23.1 Å². The number of carboxylic acid groups (broad SMARTS) is 1. The SMILES string of the molecule is CC1CC(C(=O)O)CN(C(=O)c2ccc3c(c2)NC(=O)C(C)S3)C1. The first-order valence-corrected chi connectivity index (χ1v) is 8.86. The van der Waals surface area contributed by atoms with Crippen molar-refractivity contribution in [3.05, 3.63) is 23.8 Å². The van der Waals surface area contributed by atoms with E-state index in [1.807, 2.05) is 19.9 Å². The van der Waals surface area contributed by atoms with Gasteiger partial charge >= 0.3 is 5.97 Å². The summed E-state index contributed by atoms with van der Waals surface area (Å²) in [6.07, 6.45) is 0.591. The maximum absolute atomic E-state index is 12.8. The van der Waals surface area contributed by atoms with Gasteiger partial charge in [-0.15, -0.1) is 11.8 Å². The number of aliphatic carboxylic acids is 1. The average molecular weight is 348 g/mol. The van der Waals surface area contributed by atoms with Crippen LogP contribution in [0.25, 0.3) is 0 Å². The Kier molecular flexibility index (Phi) is 4.54. The summed E-state index contributed by atoms with van der Waals surface area (Å²) in [5, 5.41) is 11.9. The van der Waals surface area contributed by atoms with Crippen molar-refractivity contribution in [3.8, 4) is 0 Å². The molecule has 0 radical (unpaired) electrons. The number of hydrogen-bond acceptors (Lipinski definition) is 4. The minimum Gasteiger partial charge on any atom is -0.481 e. The molecule has 2 N–H and O–H groups in total. The van der Waals surface area contributed by atoms with Crippen molar-refractivity contribution in [2.24, 2.45) is 11.8 Å². The van der Waals surface area contributed by atoms with Gasteiger partial charge in [-0.3, -0.25) is 14.4 Å². The Morgan fingerprint density at radius 1 is 1.29 bits per heavy atom. The first-order valence-electron chi connectivity index (χ1n) is 7.98. The van der Waals surface area contributed by atoms with Crippen LogP contribution >= 0.6 is 11.8 Å². The molecule has 0 spiro atoms. The summed E-state index contributed by atoms with van der Waals surface area (Å²) in [4.78, 5) is 38.4. The number of thioether (sulfide) groups is 1.